The van der Waals surface area contributed by atoms with Gasteiger partial charge in [-0.1, -0.05) is 12.1 Å². The number of rotatable bonds is 2. The first kappa shape index (κ1) is 25.5. The molecule has 0 saturated heterocycles. The Balaban J connectivity index is 1.51. The molecule has 4 aromatic rings. The molecule has 0 aliphatic carbocycles. The molecule has 4 aromatic carbocycles. The minimum atomic E-state index is -2.02. The van der Waals surface area contributed by atoms with Gasteiger partial charge in [-0.3, -0.25) is 4.79 Å². The van der Waals surface area contributed by atoms with Crippen molar-refractivity contribution in [2.75, 3.05) is 0 Å². The maximum Gasteiger partial charge on any atom is 0.331 e. The maximum absolute atomic E-state index is 14.1. The van der Waals surface area contributed by atoms with Crippen molar-refractivity contribution in [1.29, 1.82) is 0 Å². The van der Waals surface area contributed by atoms with Gasteiger partial charge in [0.05, 0.1) is 17.2 Å². The van der Waals surface area contributed by atoms with Gasteiger partial charge >= 0.3 is 5.97 Å². The molecule has 7 rings (SSSR count). The third-order valence-electron chi connectivity index (χ3n) is 7.98. The number of hydrogen-bond acceptors (Lipinski definition) is 12. The van der Waals surface area contributed by atoms with E-state index in [0.717, 1.165) is 6.07 Å². The molecule has 0 radical (unpaired) electrons. The molecule has 3 heterocycles. The van der Waals surface area contributed by atoms with E-state index in [-0.39, 0.29) is 68.7 Å². The Morgan fingerprint density at radius 3 is 2.02 bits per heavy atom. The third kappa shape index (κ3) is 3.29. The van der Waals surface area contributed by atoms with Gasteiger partial charge in [0, 0.05) is 30.2 Å². The number of carbonyl (C=O) groups is 1. The minimum absolute atomic E-state index is 0.0394. The summed E-state index contributed by atoms with van der Waals surface area (Å²) in [5, 5.41) is 83.3. The van der Waals surface area contributed by atoms with E-state index in [1.54, 1.807) is 0 Å². The van der Waals surface area contributed by atoms with Crippen LogP contribution in [0.25, 0.3) is 0 Å². The first-order valence-corrected chi connectivity index (χ1v) is 12.7. The molecule has 12 nitrogen and oxygen atoms in total. The fraction of sp³-hybridized carbons (Fsp3) is 0.167. The molecule has 0 unspecified atom stereocenters. The summed E-state index contributed by atoms with van der Waals surface area (Å²) >= 11 is 0. The van der Waals surface area contributed by atoms with E-state index in [9.17, 15) is 45.6 Å². The van der Waals surface area contributed by atoms with Crippen LogP contribution < -0.4 is 14.2 Å². The first-order valence-electron chi connectivity index (χ1n) is 12.7. The van der Waals surface area contributed by atoms with Crippen LogP contribution in [0.4, 0.5) is 0 Å². The van der Waals surface area contributed by atoms with Crippen LogP contribution in [0.1, 0.15) is 40.0 Å². The van der Waals surface area contributed by atoms with Crippen LogP contribution in [-0.4, -0.2) is 52.9 Å². The van der Waals surface area contributed by atoms with Crippen molar-refractivity contribution >= 4 is 5.97 Å². The fourth-order valence-electron chi connectivity index (χ4n) is 6.16. The number of carbonyl (C=O) groups excluding carboxylic acids is 1. The van der Waals surface area contributed by atoms with Gasteiger partial charge < -0.3 is 55.1 Å². The predicted octanol–water partition coefficient (Wildman–Crippen LogP) is 3.00. The summed E-state index contributed by atoms with van der Waals surface area (Å²) in [5.41, 5.74) is -1.48. The SMILES string of the molecule is O=C1Oc2cc(O)c3c(c2[C@]12c1c(O)cc(O)cc1O[C@@H]2c1ccc(O)c(O)c1)O[C@@H](c1ccc(O)c(O)c1)[C@H](O)C3. The highest BCUT2D eigenvalue weighted by atomic mass is 16.6. The van der Waals surface area contributed by atoms with Crippen LogP contribution in [0.5, 0.6) is 57.5 Å². The lowest BCUT2D eigenvalue weighted by molar-refractivity contribution is -0.139. The Bertz CT molecular complexity index is 1830. The number of fused-ring (bicyclic) bond motifs is 6. The average molecular weight is 574 g/mol. The standard InChI is InChI=1S/C30H22O12/c31-13-7-20(37)24-22(8-13)40-28(12-2-4-16(33)19(36)6-12)30(24)25-23(41-29(30)39)10-17(34)14-9-21(38)26(42-27(14)25)11-1-3-15(32)18(35)5-11/h1-8,10,21,26,28,31-38H,9H2/t21-,26+,28-,30+/m1/s1. The predicted molar refractivity (Wildman–Crippen MR) is 140 cm³/mol. The van der Waals surface area contributed by atoms with E-state index in [0.29, 0.717) is 0 Å². The summed E-state index contributed by atoms with van der Waals surface area (Å²) in [5.74, 6) is -4.21. The van der Waals surface area contributed by atoms with E-state index < -0.39 is 52.7 Å². The Labute approximate surface area is 236 Å². The van der Waals surface area contributed by atoms with E-state index >= 15 is 0 Å². The lowest BCUT2D eigenvalue weighted by atomic mass is 9.69. The summed E-state index contributed by atoms with van der Waals surface area (Å²) in [6.45, 7) is 0. The Hall–Kier alpha value is -5.49. The molecule has 3 aliphatic heterocycles. The van der Waals surface area contributed by atoms with Crippen LogP contribution in [-0.2, 0) is 16.6 Å². The maximum atomic E-state index is 14.1. The number of phenolic OH excluding ortho intramolecular Hbond substituents is 7. The number of hydrogen-bond donors (Lipinski definition) is 8. The topological polar surface area (TPSA) is 207 Å². The highest BCUT2D eigenvalue weighted by molar-refractivity contribution is 6.00. The number of aromatic hydroxyl groups is 7. The van der Waals surface area contributed by atoms with E-state index in [1.165, 1.54) is 48.5 Å². The Kier molecular flexibility index (Phi) is 5.16. The lowest BCUT2D eigenvalue weighted by Crippen LogP contribution is -2.40. The molecule has 4 atom stereocenters. The van der Waals surface area contributed by atoms with Gasteiger partial charge in [0.1, 0.15) is 46.7 Å². The van der Waals surface area contributed by atoms with Crippen LogP contribution in [0.15, 0.2) is 54.6 Å². The van der Waals surface area contributed by atoms with E-state index in [1.807, 2.05) is 0 Å². The number of aliphatic hydroxyl groups is 1. The normalized spacial score (nSPS) is 23.5. The molecular formula is C30H22O12. The highest BCUT2D eigenvalue weighted by Gasteiger charge is 2.66. The molecule has 12 heteroatoms. The second kappa shape index (κ2) is 8.51. The van der Waals surface area contributed by atoms with Crippen molar-refractivity contribution in [2.24, 2.45) is 0 Å². The lowest BCUT2D eigenvalue weighted by Gasteiger charge is -2.35. The van der Waals surface area contributed by atoms with Gasteiger partial charge in [-0.25, -0.2) is 0 Å². The number of phenols is 7. The molecular weight excluding hydrogens is 552 g/mol. The van der Waals surface area contributed by atoms with Gasteiger partial charge in [0.15, 0.2) is 28.4 Å². The molecule has 0 saturated carbocycles. The van der Waals surface area contributed by atoms with Gasteiger partial charge in [0.25, 0.3) is 0 Å². The molecule has 0 aromatic heterocycles. The van der Waals surface area contributed by atoms with Crippen molar-refractivity contribution in [3.8, 4) is 57.5 Å². The van der Waals surface area contributed by atoms with Crippen molar-refractivity contribution < 1.29 is 59.9 Å². The fourth-order valence-corrected chi connectivity index (χ4v) is 6.16. The molecule has 8 N–H and O–H groups in total. The number of benzene rings is 4. The molecule has 1 spiro atoms. The summed E-state index contributed by atoms with van der Waals surface area (Å²) in [4.78, 5) is 14.1. The Morgan fingerprint density at radius 2 is 1.33 bits per heavy atom. The van der Waals surface area contributed by atoms with Crippen LogP contribution >= 0.6 is 0 Å². The van der Waals surface area contributed by atoms with Crippen LogP contribution in [0.3, 0.4) is 0 Å². The van der Waals surface area contributed by atoms with Gasteiger partial charge in [-0.2, -0.15) is 0 Å². The van der Waals surface area contributed by atoms with Crippen molar-refractivity contribution in [3.05, 3.63) is 82.4 Å². The number of esters is 1. The zero-order valence-corrected chi connectivity index (χ0v) is 21.3. The average Bonchev–Trinajstić information content (AvgIpc) is 3.42. The van der Waals surface area contributed by atoms with Gasteiger partial charge in [-0.15, -0.1) is 0 Å². The smallest absolute Gasteiger partial charge is 0.331 e. The third-order valence-corrected chi connectivity index (χ3v) is 7.98. The van der Waals surface area contributed by atoms with Crippen LogP contribution in [0, 0.1) is 0 Å². The molecule has 0 amide bonds. The highest BCUT2D eigenvalue weighted by Crippen LogP contribution is 2.66. The Morgan fingerprint density at radius 1 is 0.667 bits per heavy atom. The molecule has 3 aliphatic rings. The summed E-state index contributed by atoms with van der Waals surface area (Å²) in [6, 6.07) is 11.0. The summed E-state index contributed by atoms with van der Waals surface area (Å²) in [6.07, 6.45) is -3.89. The van der Waals surface area contributed by atoms with E-state index in [4.69, 9.17) is 14.2 Å². The molecule has 0 fully saturated rings. The molecule has 0 bridgehead atoms. The number of ether oxygens (including phenoxy) is 3. The zero-order valence-electron chi connectivity index (χ0n) is 21.3. The van der Waals surface area contributed by atoms with E-state index in [2.05, 4.69) is 0 Å². The number of aliphatic hydroxyl groups excluding tert-OH is 1. The van der Waals surface area contributed by atoms with Crippen molar-refractivity contribution in [2.45, 2.75) is 30.1 Å². The largest absolute Gasteiger partial charge is 0.508 e. The second-order valence-corrected chi connectivity index (χ2v) is 10.4. The zero-order chi connectivity index (χ0) is 29.7. The molecule has 214 valence electrons. The van der Waals surface area contributed by atoms with Gasteiger partial charge in [-0.05, 0) is 35.4 Å². The second-order valence-electron chi connectivity index (χ2n) is 10.4. The van der Waals surface area contributed by atoms with Crippen molar-refractivity contribution in [1.82, 2.24) is 0 Å². The van der Waals surface area contributed by atoms with Crippen molar-refractivity contribution in [3.63, 3.8) is 0 Å². The van der Waals surface area contributed by atoms with Gasteiger partial charge in [0.2, 0.25) is 0 Å². The van der Waals surface area contributed by atoms with Crippen LogP contribution in [0.2, 0.25) is 0 Å². The quantitative estimate of drug-likeness (QED) is 0.0988. The summed E-state index contributed by atoms with van der Waals surface area (Å²) < 4.78 is 18.1. The molecule has 42 heavy (non-hydrogen) atoms. The summed E-state index contributed by atoms with van der Waals surface area (Å²) in [7, 11) is 0. The minimum Gasteiger partial charge on any atom is -0.508 e. The first-order chi connectivity index (χ1) is 20.0. The monoisotopic (exact) mass is 574 g/mol.